The Morgan fingerprint density at radius 3 is 1.21 bits per heavy atom. The van der Waals surface area contributed by atoms with Crippen molar-refractivity contribution in [2.24, 2.45) is 0 Å². The van der Waals surface area contributed by atoms with Crippen molar-refractivity contribution in [2.45, 2.75) is 6.92 Å². The second kappa shape index (κ2) is 11.1. The highest BCUT2D eigenvalue weighted by molar-refractivity contribution is 5.82. The monoisotopic (exact) mass is 502 g/mol. The molecular formula is C37H30N2. The lowest BCUT2D eigenvalue weighted by Crippen LogP contribution is -2.10. The third kappa shape index (κ3) is 5.32. The number of rotatable bonds is 7. The molecule has 6 rings (SSSR count). The molecular weight excluding hydrogens is 472 g/mol. The number of hydrogen-bond donors (Lipinski definition) is 0. The van der Waals surface area contributed by atoms with Gasteiger partial charge in [0.2, 0.25) is 0 Å². The van der Waals surface area contributed by atoms with Crippen LogP contribution >= 0.6 is 0 Å². The van der Waals surface area contributed by atoms with E-state index in [2.05, 4.69) is 181 Å². The molecule has 0 atom stereocenters. The maximum Gasteiger partial charge on any atom is 0.0467 e. The van der Waals surface area contributed by atoms with Gasteiger partial charge in [0.1, 0.15) is 0 Å². The molecule has 0 aliphatic heterocycles. The SMILES string of the molecule is Cc1cccc(N(c2ccccc2)c2ccc(-c3cccc(N(c4ccccc4)c4ccccc4)c3)cc2)c1. The van der Waals surface area contributed by atoms with E-state index in [1.54, 1.807) is 0 Å². The van der Waals surface area contributed by atoms with Gasteiger partial charge in [-0.15, -0.1) is 0 Å². The van der Waals surface area contributed by atoms with Crippen molar-refractivity contribution in [1.82, 2.24) is 0 Å². The first-order valence-corrected chi connectivity index (χ1v) is 13.3. The average molecular weight is 503 g/mol. The maximum atomic E-state index is 2.31. The van der Waals surface area contributed by atoms with Gasteiger partial charge >= 0.3 is 0 Å². The van der Waals surface area contributed by atoms with E-state index in [0.29, 0.717) is 0 Å². The fourth-order valence-corrected chi connectivity index (χ4v) is 5.02. The molecule has 2 nitrogen and oxygen atoms in total. The molecule has 6 aromatic rings. The minimum absolute atomic E-state index is 1.12. The number of para-hydroxylation sites is 3. The van der Waals surface area contributed by atoms with E-state index in [-0.39, 0.29) is 0 Å². The van der Waals surface area contributed by atoms with Crippen LogP contribution in [0.2, 0.25) is 0 Å². The highest BCUT2D eigenvalue weighted by Gasteiger charge is 2.14. The molecule has 0 saturated heterocycles. The van der Waals surface area contributed by atoms with Crippen LogP contribution in [0, 0.1) is 6.92 Å². The van der Waals surface area contributed by atoms with Gasteiger partial charge in [0.15, 0.2) is 0 Å². The molecule has 0 heterocycles. The summed E-state index contributed by atoms with van der Waals surface area (Å²) >= 11 is 0. The second-order valence-electron chi connectivity index (χ2n) is 9.61. The van der Waals surface area contributed by atoms with Crippen molar-refractivity contribution < 1.29 is 0 Å². The summed E-state index contributed by atoms with van der Waals surface area (Å²) in [6.45, 7) is 2.14. The first-order valence-electron chi connectivity index (χ1n) is 13.3. The molecule has 0 radical (unpaired) electrons. The Balaban J connectivity index is 1.37. The molecule has 2 heteroatoms. The van der Waals surface area contributed by atoms with Gasteiger partial charge in [-0.2, -0.15) is 0 Å². The van der Waals surface area contributed by atoms with Gasteiger partial charge in [-0.25, -0.2) is 0 Å². The third-order valence-corrected chi connectivity index (χ3v) is 6.87. The van der Waals surface area contributed by atoms with Gasteiger partial charge in [0, 0.05) is 34.1 Å². The third-order valence-electron chi connectivity index (χ3n) is 6.87. The largest absolute Gasteiger partial charge is 0.310 e. The van der Waals surface area contributed by atoms with Crippen LogP contribution in [0.4, 0.5) is 34.1 Å². The molecule has 0 aromatic heterocycles. The zero-order valence-electron chi connectivity index (χ0n) is 22.0. The van der Waals surface area contributed by atoms with E-state index in [1.807, 2.05) is 0 Å². The van der Waals surface area contributed by atoms with Crippen molar-refractivity contribution in [1.29, 1.82) is 0 Å². The van der Waals surface area contributed by atoms with Gasteiger partial charge in [-0.1, -0.05) is 91.0 Å². The van der Waals surface area contributed by atoms with E-state index in [9.17, 15) is 0 Å². The first-order chi connectivity index (χ1) is 19.3. The molecule has 0 aliphatic rings. The summed E-state index contributed by atoms with van der Waals surface area (Å²) in [6.07, 6.45) is 0. The van der Waals surface area contributed by atoms with Gasteiger partial charge in [0.05, 0.1) is 0 Å². The molecule has 188 valence electrons. The van der Waals surface area contributed by atoms with Crippen LogP contribution < -0.4 is 9.80 Å². The zero-order valence-corrected chi connectivity index (χ0v) is 22.0. The number of hydrogen-bond acceptors (Lipinski definition) is 2. The van der Waals surface area contributed by atoms with Crippen molar-refractivity contribution >= 4 is 34.1 Å². The fourth-order valence-electron chi connectivity index (χ4n) is 5.02. The summed E-state index contributed by atoms with van der Waals surface area (Å²) in [5, 5.41) is 0. The lowest BCUT2D eigenvalue weighted by Gasteiger charge is -2.26. The van der Waals surface area contributed by atoms with Gasteiger partial charge in [-0.05, 0) is 96.4 Å². The Kier molecular flexibility index (Phi) is 6.92. The van der Waals surface area contributed by atoms with Crippen LogP contribution in [-0.2, 0) is 0 Å². The van der Waals surface area contributed by atoms with Crippen molar-refractivity contribution in [3.63, 3.8) is 0 Å². The molecule has 0 N–H and O–H groups in total. The summed E-state index contributed by atoms with van der Waals surface area (Å²) in [5.74, 6) is 0. The maximum absolute atomic E-state index is 2.31. The molecule has 0 amide bonds. The minimum atomic E-state index is 1.12. The van der Waals surface area contributed by atoms with Crippen molar-refractivity contribution in [3.05, 3.63) is 169 Å². The quantitative estimate of drug-likeness (QED) is 0.214. The number of benzene rings is 6. The standard InChI is InChI=1S/C37H30N2/c1-29-13-11-21-36(27-29)39(34-19-9-4-10-20-34)35-25-23-30(24-26-35)31-14-12-22-37(28-31)38(32-15-5-2-6-16-32)33-17-7-3-8-18-33/h2-28H,1H3. The molecule has 39 heavy (non-hydrogen) atoms. The van der Waals surface area contributed by atoms with Crippen LogP contribution in [-0.4, -0.2) is 0 Å². The molecule has 0 saturated carbocycles. The van der Waals surface area contributed by atoms with E-state index < -0.39 is 0 Å². The lowest BCUT2D eigenvalue weighted by atomic mass is 10.0. The second-order valence-corrected chi connectivity index (χ2v) is 9.61. The van der Waals surface area contributed by atoms with Crippen LogP contribution in [0.3, 0.4) is 0 Å². The van der Waals surface area contributed by atoms with E-state index in [0.717, 1.165) is 34.1 Å². The summed E-state index contributed by atoms with van der Waals surface area (Å²) in [5.41, 5.74) is 10.4. The summed E-state index contributed by atoms with van der Waals surface area (Å²) in [7, 11) is 0. The first kappa shape index (κ1) is 24.3. The predicted molar refractivity (Wildman–Crippen MR) is 166 cm³/mol. The topological polar surface area (TPSA) is 6.48 Å². The van der Waals surface area contributed by atoms with Crippen molar-refractivity contribution in [2.75, 3.05) is 9.80 Å². The van der Waals surface area contributed by atoms with E-state index in [4.69, 9.17) is 0 Å². The molecule has 0 fully saturated rings. The Bertz CT molecular complexity index is 1600. The highest BCUT2D eigenvalue weighted by Crippen LogP contribution is 2.38. The Morgan fingerprint density at radius 1 is 0.308 bits per heavy atom. The predicted octanol–water partition coefficient (Wildman–Crippen LogP) is 10.6. The van der Waals surface area contributed by atoms with Gasteiger partial charge in [0.25, 0.3) is 0 Å². The molecule has 0 aliphatic carbocycles. The summed E-state index contributed by atoms with van der Waals surface area (Å²) < 4.78 is 0. The molecule has 0 bridgehead atoms. The van der Waals surface area contributed by atoms with Gasteiger partial charge in [-0.3, -0.25) is 0 Å². The van der Waals surface area contributed by atoms with E-state index >= 15 is 0 Å². The zero-order chi connectivity index (χ0) is 26.4. The number of nitrogens with zero attached hydrogens (tertiary/aromatic N) is 2. The summed E-state index contributed by atoms with van der Waals surface area (Å²) in [6, 6.07) is 57.9. The minimum Gasteiger partial charge on any atom is -0.310 e. The Morgan fingerprint density at radius 2 is 0.718 bits per heavy atom. The lowest BCUT2D eigenvalue weighted by molar-refractivity contribution is 1.27. The molecule has 0 spiro atoms. The number of anilines is 6. The molecule has 0 unspecified atom stereocenters. The van der Waals surface area contributed by atoms with E-state index in [1.165, 1.54) is 16.7 Å². The fraction of sp³-hybridized carbons (Fsp3) is 0.0270. The smallest absolute Gasteiger partial charge is 0.0467 e. The van der Waals surface area contributed by atoms with Crippen LogP contribution in [0.5, 0.6) is 0 Å². The average Bonchev–Trinajstić information content (AvgIpc) is 3.00. The summed E-state index contributed by atoms with van der Waals surface area (Å²) in [4.78, 5) is 4.60. The number of aryl methyl sites for hydroxylation is 1. The molecule has 6 aromatic carbocycles. The Hall–Kier alpha value is -5.08. The van der Waals surface area contributed by atoms with Crippen LogP contribution in [0.15, 0.2) is 164 Å². The highest BCUT2D eigenvalue weighted by atomic mass is 15.1. The van der Waals surface area contributed by atoms with Crippen LogP contribution in [0.1, 0.15) is 5.56 Å². The van der Waals surface area contributed by atoms with Crippen molar-refractivity contribution in [3.8, 4) is 11.1 Å². The Labute approximate surface area is 231 Å². The van der Waals surface area contributed by atoms with Crippen LogP contribution in [0.25, 0.3) is 11.1 Å². The normalized spacial score (nSPS) is 10.7. The van der Waals surface area contributed by atoms with Gasteiger partial charge < -0.3 is 9.80 Å².